The summed E-state index contributed by atoms with van der Waals surface area (Å²) in [5.41, 5.74) is 0.524. The molecule has 3 rings (SSSR count). The standard InChI is InChI=1S/C19H17F4NO/c20-16-3-1-2-14(10-16)11-18(25)24(17-8-9-17)12-13-4-6-15(7-5-13)19(21,22)23/h1-7,10,17H,8-9,11-12H2. The van der Waals surface area contributed by atoms with E-state index >= 15 is 0 Å². The lowest BCUT2D eigenvalue weighted by atomic mass is 10.1. The third-order valence-corrected chi connectivity index (χ3v) is 4.19. The summed E-state index contributed by atoms with van der Waals surface area (Å²) in [6, 6.07) is 10.8. The van der Waals surface area contributed by atoms with Crippen LogP contribution in [0.5, 0.6) is 0 Å². The van der Waals surface area contributed by atoms with Crippen molar-refractivity contribution in [1.82, 2.24) is 4.90 Å². The predicted octanol–water partition coefficient (Wildman–Crippen LogP) is 4.58. The third kappa shape index (κ3) is 4.59. The molecule has 0 atom stereocenters. The lowest BCUT2D eigenvalue weighted by molar-refractivity contribution is -0.137. The van der Waals surface area contributed by atoms with Gasteiger partial charge < -0.3 is 4.90 Å². The molecule has 0 N–H and O–H groups in total. The molecule has 0 saturated heterocycles. The predicted molar refractivity (Wildman–Crippen MR) is 85.1 cm³/mol. The van der Waals surface area contributed by atoms with Crippen LogP contribution in [0, 0.1) is 5.82 Å². The lowest BCUT2D eigenvalue weighted by Gasteiger charge is -2.23. The fourth-order valence-electron chi connectivity index (χ4n) is 2.73. The number of carbonyl (C=O) groups is 1. The van der Waals surface area contributed by atoms with Crippen molar-refractivity contribution in [2.24, 2.45) is 0 Å². The van der Waals surface area contributed by atoms with Gasteiger partial charge in [0.1, 0.15) is 5.82 Å². The summed E-state index contributed by atoms with van der Waals surface area (Å²) in [5, 5.41) is 0. The number of rotatable bonds is 5. The van der Waals surface area contributed by atoms with Gasteiger partial charge in [-0.1, -0.05) is 24.3 Å². The van der Waals surface area contributed by atoms with Crippen molar-refractivity contribution in [3.05, 3.63) is 71.0 Å². The SMILES string of the molecule is O=C(Cc1cccc(F)c1)N(Cc1ccc(C(F)(F)F)cc1)C1CC1. The maximum atomic E-state index is 13.3. The van der Waals surface area contributed by atoms with E-state index < -0.39 is 17.6 Å². The van der Waals surface area contributed by atoms with Crippen molar-refractivity contribution in [2.75, 3.05) is 0 Å². The van der Waals surface area contributed by atoms with Gasteiger partial charge in [-0.2, -0.15) is 13.2 Å². The van der Waals surface area contributed by atoms with Crippen LogP contribution in [0.15, 0.2) is 48.5 Å². The number of amides is 1. The average Bonchev–Trinajstić information content (AvgIpc) is 3.37. The normalized spacial score (nSPS) is 14.4. The van der Waals surface area contributed by atoms with Gasteiger partial charge in [-0.3, -0.25) is 4.79 Å². The maximum Gasteiger partial charge on any atom is 0.416 e. The largest absolute Gasteiger partial charge is 0.416 e. The highest BCUT2D eigenvalue weighted by molar-refractivity contribution is 5.79. The van der Waals surface area contributed by atoms with Gasteiger partial charge in [0.25, 0.3) is 0 Å². The number of hydrogen-bond donors (Lipinski definition) is 0. The molecule has 0 bridgehead atoms. The number of carbonyl (C=O) groups excluding carboxylic acids is 1. The zero-order valence-corrected chi connectivity index (χ0v) is 13.4. The van der Waals surface area contributed by atoms with E-state index in [0.29, 0.717) is 11.1 Å². The summed E-state index contributed by atoms with van der Waals surface area (Å²) < 4.78 is 51.1. The molecule has 0 aliphatic heterocycles. The van der Waals surface area contributed by atoms with Crippen LogP contribution in [0.3, 0.4) is 0 Å². The Morgan fingerprint density at radius 3 is 2.28 bits per heavy atom. The highest BCUT2D eigenvalue weighted by atomic mass is 19.4. The van der Waals surface area contributed by atoms with E-state index in [1.807, 2.05) is 0 Å². The summed E-state index contributed by atoms with van der Waals surface area (Å²) >= 11 is 0. The van der Waals surface area contributed by atoms with Crippen molar-refractivity contribution in [3.8, 4) is 0 Å². The van der Waals surface area contributed by atoms with Crippen LogP contribution in [-0.4, -0.2) is 16.8 Å². The minimum Gasteiger partial charge on any atom is -0.335 e. The molecule has 0 unspecified atom stereocenters. The molecule has 1 aliphatic carbocycles. The first-order valence-electron chi connectivity index (χ1n) is 8.03. The summed E-state index contributed by atoms with van der Waals surface area (Å²) in [5.74, 6) is -0.543. The van der Waals surface area contributed by atoms with E-state index in [1.54, 1.807) is 17.0 Å². The fourth-order valence-corrected chi connectivity index (χ4v) is 2.73. The second-order valence-corrected chi connectivity index (χ2v) is 6.25. The molecule has 25 heavy (non-hydrogen) atoms. The van der Waals surface area contributed by atoms with Crippen molar-refractivity contribution in [2.45, 2.75) is 38.0 Å². The lowest BCUT2D eigenvalue weighted by Crippen LogP contribution is -2.33. The Labute approximate surface area is 143 Å². The number of hydrogen-bond acceptors (Lipinski definition) is 1. The van der Waals surface area contributed by atoms with Gasteiger partial charge in [0.15, 0.2) is 0 Å². The molecule has 132 valence electrons. The average molecular weight is 351 g/mol. The molecule has 0 heterocycles. The molecular formula is C19H17F4NO. The Kier molecular flexibility index (Phi) is 4.79. The first-order chi connectivity index (χ1) is 11.8. The Balaban J connectivity index is 1.70. The van der Waals surface area contributed by atoms with Crippen LogP contribution in [0.1, 0.15) is 29.5 Å². The Morgan fingerprint density at radius 1 is 1.04 bits per heavy atom. The van der Waals surface area contributed by atoms with Crippen LogP contribution >= 0.6 is 0 Å². The topological polar surface area (TPSA) is 20.3 Å². The first kappa shape index (κ1) is 17.5. The monoisotopic (exact) mass is 351 g/mol. The Hall–Kier alpha value is -2.37. The third-order valence-electron chi connectivity index (χ3n) is 4.19. The fraction of sp³-hybridized carbons (Fsp3) is 0.316. The summed E-state index contributed by atoms with van der Waals surface area (Å²) in [6.45, 7) is 0.261. The first-order valence-corrected chi connectivity index (χ1v) is 8.03. The Bertz CT molecular complexity index is 751. The van der Waals surface area contributed by atoms with Crippen LogP contribution in [0.4, 0.5) is 17.6 Å². The van der Waals surface area contributed by atoms with E-state index in [9.17, 15) is 22.4 Å². The van der Waals surface area contributed by atoms with Crippen LogP contribution in [0.2, 0.25) is 0 Å². The quantitative estimate of drug-likeness (QED) is 0.722. The summed E-state index contributed by atoms with van der Waals surface area (Å²) in [7, 11) is 0. The number of halogens is 4. The van der Waals surface area contributed by atoms with E-state index in [2.05, 4.69) is 0 Å². The molecule has 2 aromatic carbocycles. The Morgan fingerprint density at radius 2 is 1.72 bits per heavy atom. The van der Waals surface area contributed by atoms with Crippen LogP contribution < -0.4 is 0 Å². The molecular weight excluding hydrogens is 334 g/mol. The van der Waals surface area contributed by atoms with Crippen LogP contribution in [-0.2, 0) is 23.9 Å². The van der Waals surface area contributed by atoms with Gasteiger partial charge in [0, 0.05) is 12.6 Å². The van der Waals surface area contributed by atoms with Crippen molar-refractivity contribution < 1.29 is 22.4 Å². The second kappa shape index (κ2) is 6.86. The van der Waals surface area contributed by atoms with Gasteiger partial charge in [-0.05, 0) is 48.2 Å². The summed E-state index contributed by atoms with van der Waals surface area (Å²) in [6.07, 6.45) is -2.53. The molecule has 0 radical (unpaired) electrons. The van der Waals surface area contributed by atoms with Gasteiger partial charge in [0.2, 0.25) is 5.91 Å². The molecule has 0 spiro atoms. The maximum absolute atomic E-state index is 13.3. The van der Waals surface area contributed by atoms with Crippen molar-refractivity contribution in [1.29, 1.82) is 0 Å². The minimum atomic E-state index is -4.37. The molecule has 6 heteroatoms. The van der Waals surface area contributed by atoms with Gasteiger partial charge in [-0.15, -0.1) is 0 Å². The number of alkyl halides is 3. The molecule has 1 fully saturated rings. The molecule has 2 nitrogen and oxygen atoms in total. The van der Waals surface area contributed by atoms with E-state index in [0.717, 1.165) is 25.0 Å². The second-order valence-electron chi connectivity index (χ2n) is 6.25. The van der Waals surface area contributed by atoms with Crippen molar-refractivity contribution in [3.63, 3.8) is 0 Å². The van der Waals surface area contributed by atoms with Gasteiger partial charge >= 0.3 is 6.18 Å². The van der Waals surface area contributed by atoms with Crippen LogP contribution in [0.25, 0.3) is 0 Å². The minimum absolute atomic E-state index is 0.0783. The number of benzene rings is 2. The van der Waals surface area contributed by atoms with E-state index in [1.165, 1.54) is 24.3 Å². The van der Waals surface area contributed by atoms with Gasteiger partial charge in [0.05, 0.1) is 12.0 Å². The molecule has 0 aromatic heterocycles. The smallest absolute Gasteiger partial charge is 0.335 e. The van der Waals surface area contributed by atoms with E-state index in [-0.39, 0.29) is 24.9 Å². The van der Waals surface area contributed by atoms with E-state index in [4.69, 9.17) is 0 Å². The highest BCUT2D eigenvalue weighted by Gasteiger charge is 2.33. The molecule has 1 aliphatic rings. The number of nitrogens with zero attached hydrogens (tertiary/aromatic N) is 1. The molecule has 1 amide bonds. The van der Waals surface area contributed by atoms with Crippen molar-refractivity contribution >= 4 is 5.91 Å². The highest BCUT2D eigenvalue weighted by Crippen LogP contribution is 2.31. The molecule has 2 aromatic rings. The zero-order valence-electron chi connectivity index (χ0n) is 13.4. The molecule has 1 saturated carbocycles. The summed E-state index contributed by atoms with van der Waals surface area (Å²) in [4.78, 5) is 14.2. The zero-order chi connectivity index (χ0) is 18.0. The van der Waals surface area contributed by atoms with Gasteiger partial charge in [-0.25, -0.2) is 4.39 Å².